The molecule has 1 heterocycles. The van der Waals surface area contributed by atoms with E-state index in [1.807, 2.05) is 13.8 Å². The molecule has 2 N–H and O–H groups in total. The van der Waals surface area contributed by atoms with Gasteiger partial charge in [0, 0.05) is 4.88 Å². The number of hydrogen-bond acceptors (Lipinski definition) is 4. The zero-order chi connectivity index (χ0) is 12.4. The number of nitrogens with two attached hydrogens (primary N) is 1. The molecule has 1 aliphatic rings. The predicted molar refractivity (Wildman–Crippen MR) is 70.5 cm³/mol. The van der Waals surface area contributed by atoms with E-state index in [0.29, 0.717) is 10.6 Å². The first kappa shape index (κ1) is 12.4. The van der Waals surface area contributed by atoms with Crippen LogP contribution in [0.25, 0.3) is 0 Å². The van der Waals surface area contributed by atoms with E-state index in [1.165, 1.54) is 11.3 Å². The maximum atomic E-state index is 12.1. The van der Waals surface area contributed by atoms with Crippen LogP contribution in [0.2, 0.25) is 0 Å². The molecule has 0 bridgehead atoms. The Morgan fingerprint density at radius 2 is 2.18 bits per heavy atom. The molecule has 0 amide bonds. The van der Waals surface area contributed by atoms with Crippen LogP contribution < -0.4 is 5.73 Å². The van der Waals surface area contributed by atoms with Crippen molar-refractivity contribution in [3.63, 3.8) is 0 Å². The van der Waals surface area contributed by atoms with Crippen molar-refractivity contribution in [1.29, 1.82) is 0 Å². The van der Waals surface area contributed by atoms with Crippen molar-refractivity contribution in [3.8, 4) is 0 Å². The third-order valence-electron chi connectivity index (χ3n) is 3.29. The minimum Gasteiger partial charge on any atom is -0.459 e. The van der Waals surface area contributed by atoms with Crippen molar-refractivity contribution >= 4 is 22.3 Å². The lowest BCUT2D eigenvalue weighted by molar-refractivity contribution is 0.0335. The van der Waals surface area contributed by atoms with Crippen LogP contribution in [0.15, 0.2) is 0 Å². The van der Waals surface area contributed by atoms with Gasteiger partial charge in [0.2, 0.25) is 0 Å². The number of ether oxygens (including phenoxy) is 1. The van der Waals surface area contributed by atoms with E-state index in [-0.39, 0.29) is 12.1 Å². The second-order valence-corrected chi connectivity index (χ2v) is 5.71. The van der Waals surface area contributed by atoms with Gasteiger partial charge in [0.05, 0.1) is 11.7 Å². The van der Waals surface area contributed by atoms with E-state index in [0.717, 1.165) is 31.2 Å². The Morgan fingerprint density at radius 3 is 2.88 bits per heavy atom. The molecule has 1 aromatic heterocycles. The lowest BCUT2D eigenvalue weighted by Gasteiger charge is -2.14. The highest BCUT2D eigenvalue weighted by molar-refractivity contribution is 7.16. The molecule has 0 unspecified atom stereocenters. The summed E-state index contributed by atoms with van der Waals surface area (Å²) < 4.78 is 5.38. The fourth-order valence-electron chi connectivity index (χ4n) is 2.14. The molecule has 1 aliphatic carbocycles. The third-order valence-corrected chi connectivity index (χ3v) is 4.41. The number of rotatable bonds is 3. The largest absolute Gasteiger partial charge is 0.459 e. The van der Waals surface area contributed by atoms with Crippen LogP contribution in [0.4, 0.5) is 5.00 Å². The lowest BCUT2D eigenvalue weighted by Crippen LogP contribution is -2.16. The molecule has 94 valence electrons. The van der Waals surface area contributed by atoms with Crippen LogP contribution in [0, 0.1) is 0 Å². The molecule has 1 atom stereocenters. The van der Waals surface area contributed by atoms with Crippen LogP contribution in [-0.2, 0) is 17.6 Å². The van der Waals surface area contributed by atoms with E-state index in [1.54, 1.807) is 11.3 Å². The Bertz CT molecular complexity index is 425. The minimum atomic E-state index is -0.240. The molecule has 17 heavy (non-hydrogen) atoms. The number of hydrogen-bond donors (Lipinski definition) is 1. The summed E-state index contributed by atoms with van der Waals surface area (Å²) in [6.07, 6.45) is 5.16. The average molecular weight is 253 g/mol. The van der Waals surface area contributed by atoms with Crippen LogP contribution in [0.3, 0.4) is 0 Å². The molecule has 0 fully saturated rings. The average Bonchev–Trinajstić information content (AvgIpc) is 2.64. The number of carbonyl (C=O) groups is 1. The number of carbonyl (C=O) groups excluding carboxylic acids is 1. The van der Waals surface area contributed by atoms with Crippen molar-refractivity contribution in [2.24, 2.45) is 0 Å². The molecule has 0 saturated heterocycles. The summed E-state index contributed by atoms with van der Waals surface area (Å²) in [6.45, 7) is 3.91. The first-order valence-corrected chi connectivity index (χ1v) is 7.06. The number of fused-ring (bicyclic) bond motifs is 1. The Balaban J connectivity index is 2.25. The highest BCUT2D eigenvalue weighted by Gasteiger charge is 2.25. The van der Waals surface area contributed by atoms with Crippen molar-refractivity contribution in [2.75, 3.05) is 5.73 Å². The predicted octanol–water partition coefficient (Wildman–Crippen LogP) is 3.16. The van der Waals surface area contributed by atoms with Crippen LogP contribution in [0.1, 0.15) is 53.9 Å². The van der Waals surface area contributed by atoms with E-state index in [9.17, 15) is 4.79 Å². The van der Waals surface area contributed by atoms with Crippen molar-refractivity contribution in [2.45, 2.75) is 52.1 Å². The van der Waals surface area contributed by atoms with Crippen molar-refractivity contribution < 1.29 is 9.53 Å². The highest BCUT2D eigenvalue weighted by Crippen LogP contribution is 2.36. The fraction of sp³-hybridized carbons (Fsp3) is 0.615. The van der Waals surface area contributed by atoms with E-state index >= 15 is 0 Å². The second-order valence-electron chi connectivity index (χ2n) is 4.57. The Labute approximate surface area is 106 Å². The monoisotopic (exact) mass is 253 g/mol. The molecule has 3 nitrogen and oxygen atoms in total. The Hall–Kier alpha value is -1.03. The molecular weight excluding hydrogens is 234 g/mol. The quantitative estimate of drug-likeness (QED) is 0.842. The number of nitrogen functional groups attached to an aromatic ring is 1. The first-order chi connectivity index (χ1) is 8.13. The zero-order valence-corrected chi connectivity index (χ0v) is 11.2. The Kier molecular flexibility index (Phi) is 3.72. The van der Waals surface area contributed by atoms with Gasteiger partial charge in [0.1, 0.15) is 5.00 Å². The molecular formula is C13H19NO2S. The van der Waals surface area contributed by atoms with Gasteiger partial charge in [-0.1, -0.05) is 6.92 Å². The van der Waals surface area contributed by atoms with E-state index in [4.69, 9.17) is 10.5 Å². The maximum Gasteiger partial charge on any atom is 0.341 e. The van der Waals surface area contributed by atoms with Gasteiger partial charge < -0.3 is 10.5 Å². The molecule has 4 heteroatoms. The summed E-state index contributed by atoms with van der Waals surface area (Å²) in [4.78, 5) is 13.4. The van der Waals surface area contributed by atoms with Crippen LogP contribution in [-0.4, -0.2) is 12.1 Å². The van der Waals surface area contributed by atoms with Gasteiger partial charge in [0.25, 0.3) is 0 Å². The van der Waals surface area contributed by atoms with Gasteiger partial charge in [-0.3, -0.25) is 0 Å². The molecule has 0 aliphatic heterocycles. The van der Waals surface area contributed by atoms with Gasteiger partial charge in [-0.15, -0.1) is 11.3 Å². The van der Waals surface area contributed by atoms with Crippen molar-refractivity contribution in [1.82, 2.24) is 0 Å². The van der Waals surface area contributed by atoms with Gasteiger partial charge in [-0.25, -0.2) is 4.79 Å². The van der Waals surface area contributed by atoms with E-state index in [2.05, 4.69) is 0 Å². The maximum absolute atomic E-state index is 12.1. The van der Waals surface area contributed by atoms with Crippen molar-refractivity contribution in [3.05, 3.63) is 16.0 Å². The second kappa shape index (κ2) is 5.08. The number of thiophene rings is 1. The summed E-state index contributed by atoms with van der Waals surface area (Å²) in [5.41, 5.74) is 7.75. The van der Waals surface area contributed by atoms with Gasteiger partial charge in [0.15, 0.2) is 0 Å². The lowest BCUT2D eigenvalue weighted by atomic mass is 9.95. The first-order valence-electron chi connectivity index (χ1n) is 6.24. The molecule has 0 spiro atoms. The van der Waals surface area contributed by atoms with Gasteiger partial charge >= 0.3 is 5.97 Å². The summed E-state index contributed by atoms with van der Waals surface area (Å²) in [6, 6.07) is 0. The topological polar surface area (TPSA) is 52.3 Å². The Morgan fingerprint density at radius 1 is 1.47 bits per heavy atom. The number of aryl methyl sites for hydroxylation is 1. The molecule has 1 aromatic rings. The summed E-state index contributed by atoms with van der Waals surface area (Å²) >= 11 is 1.56. The molecule has 0 aromatic carbocycles. The highest BCUT2D eigenvalue weighted by atomic mass is 32.1. The fourth-order valence-corrected chi connectivity index (χ4v) is 3.28. The summed E-state index contributed by atoms with van der Waals surface area (Å²) in [5, 5.41) is 0.630. The molecule has 2 rings (SSSR count). The van der Waals surface area contributed by atoms with Crippen LogP contribution in [0.5, 0.6) is 0 Å². The standard InChI is InChI=1S/C13H19NO2S/c1-3-8(2)16-13(15)11-9-6-4-5-7-10(9)17-12(11)14/h8H,3-7,14H2,1-2H3/t8-/m1/s1. The zero-order valence-electron chi connectivity index (χ0n) is 10.4. The smallest absolute Gasteiger partial charge is 0.341 e. The van der Waals surface area contributed by atoms with Crippen LogP contribution >= 0.6 is 11.3 Å². The van der Waals surface area contributed by atoms with Gasteiger partial charge in [-0.05, 0) is 44.6 Å². The SMILES string of the molecule is CC[C@@H](C)OC(=O)c1c(N)sc2c1CCCC2. The number of esters is 1. The van der Waals surface area contributed by atoms with Gasteiger partial charge in [-0.2, -0.15) is 0 Å². The molecule has 0 radical (unpaired) electrons. The summed E-state index contributed by atoms with van der Waals surface area (Å²) in [5.74, 6) is -0.240. The minimum absolute atomic E-state index is 0.0407. The number of anilines is 1. The third kappa shape index (κ3) is 2.46. The molecule has 0 saturated carbocycles. The van der Waals surface area contributed by atoms with E-state index < -0.39 is 0 Å². The summed E-state index contributed by atoms with van der Waals surface area (Å²) in [7, 11) is 0. The normalized spacial score (nSPS) is 16.4.